The average molecular weight is 495 g/mol. The van der Waals surface area contributed by atoms with E-state index in [1.54, 1.807) is 0 Å². The van der Waals surface area contributed by atoms with Gasteiger partial charge in [-0.05, 0) is 39.7 Å². The van der Waals surface area contributed by atoms with E-state index in [0.29, 0.717) is 12.5 Å². The summed E-state index contributed by atoms with van der Waals surface area (Å²) in [5.74, 6) is 0.798. The number of aromatic nitrogens is 4. The summed E-state index contributed by atoms with van der Waals surface area (Å²) in [5.41, 5.74) is 3.35. The summed E-state index contributed by atoms with van der Waals surface area (Å²) in [6.45, 7) is 6.19. The Balaban J connectivity index is 0.00000364. The van der Waals surface area contributed by atoms with E-state index in [0.717, 1.165) is 22.4 Å². The largest absolute Gasteiger partial charge is 0.357 e. The maximum absolute atomic E-state index is 12.9. The van der Waals surface area contributed by atoms with Crippen LogP contribution in [0.15, 0.2) is 17.4 Å². The molecule has 0 saturated heterocycles. The molecule has 2 N–H and O–H groups in total. The van der Waals surface area contributed by atoms with E-state index in [9.17, 15) is 8.78 Å². The molecule has 2 aromatic heterocycles. The molecular weight excluding hydrogens is 467 g/mol. The van der Waals surface area contributed by atoms with Crippen molar-refractivity contribution in [2.24, 2.45) is 12.0 Å². The second kappa shape index (κ2) is 10.6. The van der Waals surface area contributed by atoms with Crippen LogP contribution in [0.5, 0.6) is 0 Å². The first kappa shape index (κ1) is 23.3. The topological polar surface area (TPSA) is 72.1 Å². The van der Waals surface area contributed by atoms with E-state index < -0.39 is 6.55 Å². The minimum atomic E-state index is -2.62. The first-order valence-corrected chi connectivity index (χ1v) is 8.67. The highest BCUT2D eigenvalue weighted by atomic mass is 127. The minimum Gasteiger partial charge on any atom is -0.357 e. The first-order valence-electron chi connectivity index (χ1n) is 8.67. The number of alkyl halides is 2. The normalized spacial score (nSPS) is 12.8. The molecule has 2 rings (SSSR count). The Kier molecular flexibility index (Phi) is 9.13. The maximum Gasteiger partial charge on any atom is 0.319 e. The van der Waals surface area contributed by atoms with Crippen LogP contribution in [0, 0.1) is 13.8 Å². The molecule has 2 aromatic rings. The number of nitrogens with one attached hydrogen (secondary N) is 2. The van der Waals surface area contributed by atoms with Crippen LogP contribution in [0.4, 0.5) is 8.78 Å². The lowest BCUT2D eigenvalue weighted by atomic mass is 10.1. The molecular formula is C17H28F2IN7. The summed E-state index contributed by atoms with van der Waals surface area (Å²) in [4.78, 5) is 8.34. The fraction of sp³-hybridized carbons (Fsp3) is 0.588. The van der Waals surface area contributed by atoms with Crippen LogP contribution in [0.25, 0.3) is 0 Å². The maximum atomic E-state index is 12.9. The molecule has 27 heavy (non-hydrogen) atoms. The number of imidazole rings is 1. The summed E-state index contributed by atoms with van der Waals surface area (Å²) in [6, 6.07) is 0.101. The molecule has 1 unspecified atom stereocenters. The zero-order valence-electron chi connectivity index (χ0n) is 16.3. The van der Waals surface area contributed by atoms with Crippen LogP contribution in [-0.2, 0) is 20.0 Å². The Morgan fingerprint density at radius 1 is 1.33 bits per heavy atom. The monoisotopic (exact) mass is 495 g/mol. The van der Waals surface area contributed by atoms with E-state index in [4.69, 9.17) is 0 Å². The third-order valence-corrected chi connectivity index (χ3v) is 4.23. The predicted octanol–water partition coefficient (Wildman–Crippen LogP) is 2.93. The quantitative estimate of drug-likeness (QED) is 0.352. The molecule has 0 aliphatic rings. The van der Waals surface area contributed by atoms with Crippen molar-refractivity contribution in [3.05, 3.63) is 35.2 Å². The molecule has 2 heterocycles. The van der Waals surface area contributed by atoms with Crippen molar-refractivity contribution >= 4 is 29.9 Å². The van der Waals surface area contributed by atoms with Gasteiger partial charge in [-0.1, -0.05) is 0 Å². The van der Waals surface area contributed by atoms with Gasteiger partial charge in [-0.3, -0.25) is 9.25 Å². The zero-order valence-corrected chi connectivity index (χ0v) is 18.7. The summed E-state index contributed by atoms with van der Waals surface area (Å²) in [5, 5.41) is 10.9. The fourth-order valence-corrected chi connectivity index (χ4v) is 2.82. The summed E-state index contributed by atoms with van der Waals surface area (Å²) >= 11 is 0. The van der Waals surface area contributed by atoms with Crippen molar-refractivity contribution in [1.29, 1.82) is 0 Å². The molecule has 0 aliphatic heterocycles. The van der Waals surface area contributed by atoms with Crippen LogP contribution in [0.1, 0.15) is 43.2 Å². The van der Waals surface area contributed by atoms with Gasteiger partial charge in [0.1, 0.15) is 12.4 Å². The molecule has 0 aromatic carbocycles. The smallest absolute Gasteiger partial charge is 0.319 e. The molecule has 0 bridgehead atoms. The molecule has 10 heteroatoms. The zero-order chi connectivity index (χ0) is 19.3. The van der Waals surface area contributed by atoms with Crippen molar-refractivity contribution < 1.29 is 8.78 Å². The van der Waals surface area contributed by atoms with Crippen LogP contribution in [-0.4, -0.2) is 37.9 Å². The Hall–Kier alpha value is -1.72. The average Bonchev–Trinajstić information content (AvgIpc) is 3.13. The molecule has 0 radical (unpaired) electrons. The Bertz CT molecular complexity index is 755. The van der Waals surface area contributed by atoms with Crippen molar-refractivity contribution in [1.82, 2.24) is 30.0 Å². The van der Waals surface area contributed by atoms with Crippen molar-refractivity contribution in [3.63, 3.8) is 0 Å². The number of halogens is 3. The highest BCUT2D eigenvalue weighted by molar-refractivity contribution is 14.0. The molecule has 0 amide bonds. The van der Waals surface area contributed by atoms with Gasteiger partial charge in [0.05, 0.1) is 5.69 Å². The Labute approximate surface area is 175 Å². The van der Waals surface area contributed by atoms with Gasteiger partial charge >= 0.3 is 6.55 Å². The van der Waals surface area contributed by atoms with Crippen molar-refractivity contribution in [2.45, 2.75) is 53.3 Å². The Morgan fingerprint density at radius 2 is 2.04 bits per heavy atom. The molecule has 0 fully saturated rings. The van der Waals surface area contributed by atoms with E-state index in [2.05, 4.69) is 32.6 Å². The number of guanidine groups is 1. The van der Waals surface area contributed by atoms with Crippen molar-refractivity contribution in [2.75, 3.05) is 6.54 Å². The van der Waals surface area contributed by atoms with Gasteiger partial charge in [0.15, 0.2) is 5.96 Å². The van der Waals surface area contributed by atoms with Gasteiger partial charge in [0, 0.05) is 37.7 Å². The van der Waals surface area contributed by atoms with Gasteiger partial charge in [-0.2, -0.15) is 13.9 Å². The molecule has 0 spiro atoms. The summed E-state index contributed by atoms with van der Waals surface area (Å²) in [6.07, 6.45) is 3.40. The van der Waals surface area contributed by atoms with Crippen LogP contribution >= 0.6 is 24.0 Å². The molecule has 0 saturated carbocycles. The lowest BCUT2D eigenvalue weighted by Crippen LogP contribution is -2.43. The van der Waals surface area contributed by atoms with E-state index >= 15 is 0 Å². The minimum absolute atomic E-state index is 0. The van der Waals surface area contributed by atoms with Crippen molar-refractivity contribution in [3.8, 4) is 0 Å². The highest BCUT2D eigenvalue weighted by Crippen LogP contribution is 2.15. The standard InChI is InChI=1S/C17H27F2N7.HI/c1-6-20-17(22-10-15-21-7-8-26(15)16(18)19)23-11(2)9-14-12(3)24-25(5)13(14)4;/h7-8,11,16H,6,9-10H2,1-5H3,(H2,20,22,23);1H. The van der Waals surface area contributed by atoms with Crippen LogP contribution in [0.3, 0.4) is 0 Å². The third kappa shape index (κ3) is 6.15. The van der Waals surface area contributed by atoms with Gasteiger partial charge in [0.25, 0.3) is 0 Å². The third-order valence-electron chi connectivity index (χ3n) is 4.23. The molecule has 152 valence electrons. The van der Waals surface area contributed by atoms with Gasteiger partial charge < -0.3 is 10.6 Å². The van der Waals surface area contributed by atoms with E-state index in [-0.39, 0.29) is 42.4 Å². The van der Waals surface area contributed by atoms with Gasteiger partial charge in [-0.25, -0.2) is 9.98 Å². The fourth-order valence-electron chi connectivity index (χ4n) is 2.82. The molecule has 0 aliphatic carbocycles. The number of hydrogen-bond donors (Lipinski definition) is 2. The lowest BCUT2D eigenvalue weighted by Gasteiger charge is -2.18. The number of rotatable bonds is 7. The summed E-state index contributed by atoms with van der Waals surface area (Å²) in [7, 11) is 1.93. The predicted molar refractivity (Wildman–Crippen MR) is 113 cm³/mol. The number of nitrogens with zero attached hydrogens (tertiary/aromatic N) is 5. The summed E-state index contributed by atoms with van der Waals surface area (Å²) < 4.78 is 28.5. The second-order valence-electron chi connectivity index (χ2n) is 6.25. The second-order valence-corrected chi connectivity index (χ2v) is 6.25. The van der Waals surface area contributed by atoms with Crippen LogP contribution in [0.2, 0.25) is 0 Å². The molecule has 1 atom stereocenters. The first-order chi connectivity index (χ1) is 12.3. The van der Waals surface area contributed by atoms with Gasteiger partial charge in [0.2, 0.25) is 0 Å². The molecule has 7 nitrogen and oxygen atoms in total. The lowest BCUT2D eigenvalue weighted by molar-refractivity contribution is 0.0671. The number of aliphatic imine (C=N–C) groups is 1. The number of aryl methyl sites for hydroxylation is 2. The SMILES string of the molecule is CCNC(=NCc1nccn1C(F)F)NC(C)Cc1c(C)nn(C)c1C.I. The number of hydrogen-bond acceptors (Lipinski definition) is 3. The van der Waals surface area contributed by atoms with Crippen LogP contribution < -0.4 is 10.6 Å². The van der Waals surface area contributed by atoms with Gasteiger partial charge in [-0.15, -0.1) is 24.0 Å². The highest BCUT2D eigenvalue weighted by Gasteiger charge is 2.15. The van der Waals surface area contributed by atoms with E-state index in [1.807, 2.05) is 32.5 Å². The Morgan fingerprint density at radius 3 is 2.59 bits per heavy atom. The van der Waals surface area contributed by atoms with E-state index in [1.165, 1.54) is 18.0 Å².